The number of nitrogens with two attached hydrogens (primary N) is 1. The van der Waals surface area contributed by atoms with E-state index in [4.69, 9.17) is 5.73 Å². The smallest absolute Gasteiger partial charge is 0.272 e. The van der Waals surface area contributed by atoms with Gasteiger partial charge in [0.15, 0.2) is 0 Å². The molecule has 4 nitrogen and oxygen atoms in total. The average Bonchev–Trinajstić information content (AvgIpc) is 2.18. The highest BCUT2D eigenvalue weighted by Gasteiger charge is 2.13. The fourth-order valence-corrected chi connectivity index (χ4v) is 1.53. The number of benzene rings is 1. The molecular formula is C11H16N2O2. The number of aryl methyl sites for hydroxylation is 1. The van der Waals surface area contributed by atoms with Crippen LogP contribution in [0.1, 0.15) is 36.9 Å². The second-order valence-corrected chi connectivity index (χ2v) is 3.70. The number of nitro groups is 1. The van der Waals surface area contributed by atoms with E-state index in [1.54, 1.807) is 19.1 Å². The summed E-state index contributed by atoms with van der Waals surface area (Å²) < 4.78 is 0. The van der Waals surface area contributed by atoms with Crippen LogP contribution in [-0.4, -0.2) is 4.92 Å². The molecule has 0 spiro atoms. The largest absolute Gasteiger partial charge is 0.324 e. The van der Waals surface area contributed by atoms with E-state index in [-0.39, 0.29) is 16.7 Å². The third-order valence-corrected chi connectivity index (χ3v) is 2.46. The van der Waals surface area contributed by atoms with Crippen LogP contribution in [0.4, 0.5) is 5.69 Å². The average molecular weight is 208 g/mol. The molecule has 1 aromatic rings. The van der Waals surface area contributed by atoms with Gasteiger partial charge in [-0.3, -0.25) is 10.1 Å². The molecule has 4 heteroatoms. The van der Waals surface area contributed by atoms with Crippen LogP contribution >= 0.6 is 0 Å². The molecule has 0 bridgehead atoms. The number of rotatable bonds is 4. The maximum atomic E-state index is 10.7. The molecular weight excluding hydrogens is 192 g/mol. The molecule has 0 aliphatic rings. The fraction of sp³-hybridized carbons (Fsp3) is 0.455. The number of hydrogen-bond acceptors (Lipinski definition) is 3. The second kappa shape index (κ2) is 4.89. The van der Waals surface area contributed by atoms with E-state index in [9.17, 15) is 10.1 Å². The molecule has 1 aromatic carbocycles. The first-order chi connectivity index (χ1) is 7.06. The van der Waals surface area contributed by atoms with Gasteiger partial charge >= 0.3 is 0 Å². The van der Waals surface area contributed by atoms with Gasteiger partial charge in [0.25, 0.3) is 5.69 Å². The molecule has 0 fully saturated rings. The van der Waals surface area contributed by atoms with Crippen molar-refractivity contribution in [3.63, 3.8) is 0 Å². The highest BCUT2D eigenvalue weighted by Crippen LogP contribution is 2.24. The van der Waals surface area contributed by atoms with Crippen molar-refractivity contribution in [1.82, 2.24) is 0 Å². The Balaban J connectivity index is 3.02. The minimum Gasteiger partial charge on any atom is -0.324 e. The summed E-state index contributed by atoms with van der Waals surface area (Å²) in [7, 11) is 0. The topological polar surface area (TPSA) is 69.2 Å². The van der Waals surface area contributed by atoms with E-state index in [1.807, 2.05) is 13.0 Å². The molecule has 0 aliphatic carbocycles. The summed E-state index contributed by atoms with van der Waals surface area (Å²) >= 11 is 0. The van der Waals surface area contributed by atoms with Crippen LogP contribution < -0.4 is 5.73 Å². The monoisotopic (exact) mass is 208 g/mol. The van der Waals surface area contributed by atoms with E-state index in [0.717, 1.165) is 18.4 Å². The SMILES string of the molecule is CCC[C@H](N)c1ccc(C)c([N+](=O)[O-])c1. The van der Waals surface area contributed by atoms with Crippen LogP contribution in [0.2, 0.25) is 0 Å². The van der Waals surface area contributed by atoms with Crippen molar-refractivity contribution in [3.05, 3.63) is 39.4 Å². The Hall–Kier alpha value is -1.42. The first kappa shape index (κ1) is 11.7. The number of nitro benzene ring substituents is 1. The molecule has 0 saturated carbocycles. The predicted molar refractivity (Wildman–Crippen MR) is 59.7 cm³/mol. The van der Waals surface area contributed by atoms with Crippen molar-refractivity contribution >= 4 is 5.69 Å². The molecule has 1 rings (SSSR count). The Kier molecular flexibility index (Phi) is 3.80. The van der Waals surface area contributed by atoms with Gasteiger partial charge in [0.1, 0.15) is 0 Å². The second-order valence-electron chi connectivity index (χ2n) is 3.70. The third kappa shape index (κ3) is 2.76. The predicted octanol–water partition coefficient (Wildman–Crippen LogP) is 2.70. The van der Waals surface area contributed by atoms with Crippen LogP contribution in [0.25, 0.3) is 0 Å². The first-order valence-electron chi connectivity index (χ1n) is 5.06. The van der Waals surface area contributed by atoms with Crippen molar-refractivity contribution in [1.29, 1.82) is 0 Å². The van der Waals surface area contributed by atoms with E-state index < -0.39 is 0 Å². The number of hydrogen-bond donors (Lipinski definition) is 1. The normalized spacial score (nSPS) is 12.5. The zero-order valence-electron chi connectivity index (χ0n) is 9.06. The molecule has 82 valence electrons. The van der Waals surface area contributed by atoms with Crippen LogP contribution in [0, 0.1) is 17.0 Å². The van der Waals surface area contributed by atoms with E-state index in [0.29, 0.717) is 5.56 Å². The Bertz CT molecular complexity index is 364. The molecule has 2 N–H and O–H groups in total. The molecule has 0 aliphatic heterocycles. The Labute approximate surface area is 89.2 Å². The molecule has 15 heavy (non-hydrogen) atoms. The summed E-state index contributed by atoms with van der Waals surface area (Å²) in [6.45, 7) is 3.77. The summed E-state index contributed by atoms with van der Waals surface area (Å²) in [6, 6.07) is 5.09. The van der Waals surface area contributed by atoms with Gasteiger partial charge < -0.3 is 5.73 Å². The van der Waals surface area contributed by atoms with Crippen LogP contribution in [0.5, 0.6) is 0 Å². The summed E-state index contributed by atoms with van der Waals surface area (Å²) in [5, 5.41) is 10.7. The summed E-state index contributed by atoms with van der Waals surface area (Å²) in [4.78, 5) is 10.4. The van der Waals surface area contributed by atoms with Gasteiger partial charge in [-0.05, 0) is 18.9 Å². The van der Waals surface area contributed by atoms with Crippen molar-refractivity contribution in [3.8, 4) is 0 Å². The Morgan fingerprint density at radius 2 is 2.20 bits per heavy atom. The lowest BCUT2D eigenvalue weighted by Crippen LogP contribution is -2.10. The van der Waals surface area contributed by atoms with Crippen LogP contribution in [0.15, 0.2) is 18.2 Å². The Morgan fingerprint density at radius 3 is 2.73 bits per heavy atom. The molecule has 0 amide bonds. The van der Waals surface area contributed by atoms with Gasteiger partial charge in [0.2, 0.25) is 0 Å². The van der Waals surface area contributed by atoms with Gasteiger partial charge in [0, 0.05) is 17.7 Å². The van der Waals surface area contributed by atoms with E-state index in [2.05, 4.69) is 0 Å². The van der Waals surface area contributed by atoms with Gasteiger partial charge in [-0.15, -0.1) is 0 Å². The molecule has 0 radical (unpaired) electrons. The van der Waals surface area contributed by atoms with E-state index >= 15 is 0 Å². The minimum atomic E-state index is -0.364. The lowest BCUT2D eigenvalue weighted by Gasteiger charge is -2.10. The number of nitrogens with zero attached hydrogens (tertiary/aromatic N) is 1. The molecule has 1 atom stereocenters. The minimum absolute atomic E-state index is 0.103. The quantitative estimate of drug-likeness (QED) is 0.611. The molecule has 0 aromatic heterocycles. The highest BCUT2D eigenvalue weighted by molar-refractivity contribution is 5.43. The summed E-state index contributed by atoms with van der Waals surface area (Å²) in [5.41, 5.74) is 7.57. The summed E-state index contributed by atoms with van der Waals surface area (Å²) in [5.74, 6) is 0. The van der Waals surface area contributed by atoms with Crippen molar-refractivity contribution < 1.29 is 4.92 Å². The molecule has 0 saturated heterocycles. The molecule has 0 unspecified atom stereocenters. The fourth-order valence-electron chi connectivity index (χ4n) is 1.53. The third-order valence-electron chi connectivity index (χ3n) is 2.46. The van der Waals surface area contributed by atoms with Gasteiger partial charge in [-0.1, -0.05) is 25.5 Å². The van der Waals surface area contributed by atoms with Crippen molar-refractivity contribution in [2.45, 2.75) is 32.7 Å². The lowest BCUT2D eigenvalue weighted by molar-refractivity contribution is -0.385. The van der Waals surface area contributed by atoms with E-state index in [1.165, 1.54) is 0 Å². The maximum absolute atomic E-state index is 10.7. The molecule has 0 heterocycles. The first-order valence-corrected chi connectivity index (χ1v) is 5.06. The maximum Gasteiger partial charge on any atom is 0.272 e. The summed E-state index contributed by atoms with van der Waals surface area (Å²) in [6.07, 6.45) is 1.82. The van der Waals surface area contributed by atoms with Gasteiger partial charge in [0.05, 0.1) is 4.92 Å². The Morgan fingerprint density at radius 1 is 1.53 bits per heavy atom. The van der Waals surface area contributed by atoms with Crippen LogP contribution in [0.3, 0.4) is 0 Å². The lowest BCUT2D eigenvalue weighted by atomic mass is 10.0. The zero-order valence-corrected chi connectivity index (χ0v) is 9.06. The van der Waals surface area contributed by atoms with Crippen molar-refractivity contribution in [2.24, 2.45) is 5.73 Å². The van der Waals surface area contributed by atoms with Gasteiger partial charge in [-0.2, -0.15) is 0 Å². The van der Waals surface area contributed by atoms with Crippen LogP contribution in [-0.2, 0) is 0 Å². The zero-order chi connectivity index (χ0) is 11.4. The highest BCUT2D eigenvalue weighted by atomic mass is 16.6. The van der Waals surface area contributed by atoms with Crippen molar-refractivity contribution in [2.75, 3.05) is 0 Å². The van der Waals surface area contributed by atoms with Gasteiger partial charge in [-0.25, -0.2) is 0 Å². The standard InChI is InChI=1S/C11H16N2O2/c1-3-4-10(12)9-6-5-8(2)11(7-9)13(14)15/h5-7,10H,3-4,12H2,1-2H3/t10-/m0/s1.